The lowest BCUT2D eigenvalue weighted by molar-refractivity contribution is 0.111. The first kappa shape index (κ1) is 24.3. The number of aliphatic imine (C=N–C) groups is 1. The topological polar surface area (TPSA) is 89.3 Å². The number of nitrogens with zero attached hydrogens (tertiary/aromatic N) is 4. The molecule has 1 aromatic carbocycles. The molecule has 1 aromatic heterocycles. The maximum Gasteiger partial charge on any atom is 0.228 e. The van der Waals surface area contributed by atoms with E-state index >= 15 is 0 Å². The molecule has 2 aromatic rings. The van der Waals surface area contributed by atoms with Crippen molar-refractivity contribution in [3.63, 3.8) is 0 Å². The number of fused-ring (bicyclic) bond motifs is 3. The molecule has 2 aliphatic rings. The summed E-state index contributed by atoms with van der Waals surface area (Å²) in [7, 11) is 7.01. The van der Waals surface area contributed by atoms with Crippen LogP contribution in [0.4, 0.5) is 5.95 Å². The molecule has 32 heavy (non-hydrogen) atoms. The highest BCUT2D eigenvalue weighted by atomic mass is 79.9. The molecule has 174 valence electrons. The number of halogens is 1. The first-order valence-corrected chi connectivity index (χ1v) is 10.7. The van der Waals surface area contributed by atoms with Gasteiger partial charge in [0.15, 0.2) is 11.5 Å². The quantitative estimate of drug-likeness (QED) is 0.641. The molecular weight excluding hydrogens is 476 g/mol. The molecule has 0 saturated heterocycles. The summed E-state index contributed by atoms with van der Waals surface area (Å²) in [4.78, 5) is 16.0. The molecular formula is C23H31BrN4O4. The highest BCUT2D eigenvalue weighted by Gasteiger charge is 2.38. The third kappa shape index (κ3) is 4.41. The van der Waals surface area contributed by atoms with E-state index in [1.807, 2.05) is 38.1 Å². The molecule has 3 atom stereocenters. The number of hydrogen-bond acceptors (Lipinski definition) is 8. The van der Waals surface area contributed by atoms with Gasteiger partial charge < -0.3 is 24.2 Å². The Morgan fingerprint density at radius 2 is 1.88 bits per heavy atom. The van der Waals surface area contributed by atoms with Crippen molar-refractivity contribution in [2.45, 2.75) is 44.2 Å². The van der Waals surface area contributed by atoms with Crippen LogP contribution in [0.2, 0.25) is 0 Å². The number of rotatable bonds is 6. The second-order valence-electron chi connectivity index (χ2n) is 8.13. The summed E-state index contributed by atoms with van der Waals surface area (Å²) in [5.41, 5.74) is 3.58. The highest BCUT2D eigenvalue weighted by Crippen LogP contribution is 2.45. The van der Waals surface area contributed by atoms with Crippen LogP contribution in [-0.2, 0) is 0 Å². The van der Waals surface area contributed by atoms with Gasteiger partial charge in [-0.3, -0.25) is 4.99 Å². The number of ether oxygens (including phenoxy) is 3. The lowest BCUT2D eigenvalue weighted by atomic mass is 9.74. The molecule has 1 fully saturated rings. The standard InChI is InChI=1S/C23H30N4O4.BrH/c1-6-31-20-10-14-15-9-13(28)7-8-18(15)25-21(16(14)11-19(20)29-4)17-12-24-23(27(2)3)26-22(17)30-5;/h10-13,15,18,28H,6-9H2,1-5H3;1H/t13-,15-,18-;/m1./s1. The maximum absolute atomic E-state index is 10.3. The molecule has 1 aliphatic heterocycles. The van der Waals surface area contributed by atoms with Gasteiger partial charge in [0.05, 0.1) is 44.2 Å². The zero-order valence-corrected chi connectivity index (χ0v) is 20.9. The Hall–Kier alpha value is -2.39. The average molecular weight is 507 g/mol. The molecule has 0 radical (unpaired) electrons. The fourth-order valence-corrected chi connectivity index (χ4v) is 4.48. The van der Waals surface area contributed by atoms with Gasteiger partial charge in [0.2, 0.25) is 11.8 Å². The summed E-state index contributed by atoms with van der Waals surface area (Å²) in [5.74, 6) is 2.52. The third-order valence-electron chi connectivity index (χ3n) is 5.96. The molecule has 0 bridgehead atoms. The van der Waals surface area contributed by atoms with Crippen molar-refractivity contribution in [3.05, 3.63) is 35.0 Å². The second kappa shape index (κ2) is 10.0. The van der Waals surface area contributed by atoms with E-state index in [2.05, 4.69) is 9.97 Å². The van der Waals surface area contributed by atoms with Crippen LogP contribution < -0.4 is 19.1 Å². The van der Waals surface area contributed by atoms with Gasteiger partial charge >= 0.3 is 0 Å². The smallest absolute Gasteiger partial charge is 0.228 e. The molecule has 1 N–H and O–H groups in total. The van der Waals surface area contributed by atoms with Crippen LogP contribution in [0, 0.1) is 0 Å². The van der Waals surface area contributed by atoms with Gasteiger partial charge in [0.1, 0.15) is 0 Å². The zero-order valence-electron chi connectivity index (χ0n) is 19.2. The van der Waals surface area contributed by atoms with Crippen molar-refractivity contribution in [2.24, 2.45) is 4.99 Å². The fraction of sp³-hybridized carbons (Fsp3) is 0.522. The van der Waals surface area contributed by atoms with E-state index in [-0.39, 0.29) is 35.0 Å². The summed E-state index contributed by atoms with van der Waals surface area (Å²) in [6.07, 6.45) is 3.70. The van der Waals surface area contributed by atoms with E-state index < -0.39 is 0 Å². The number of hydrogen-bond donors (Lipinski definition) is 1. The minimum Gasteiger partial charge on any atom is -0.493 e. The van der Waals surface area contributed by atoms with E-state index in [1.54, 1.807) is 20.4 Å². The molecule has 1 aliphatic carbocycles. The average Bonchev–Trinajstić information content (AvgIpc) is 2.78. The van der Waals surface area contributed by atoms with Crippen molar-refractivity contribution in [2.75, 3.05) is 39.8 Å². The first-order chi connectivity index (χ1) is 15.0. The lowest BCUT2D eigenvalue weighted by Gasteiger charge is -2.37. The van der Waals surface area contributed by atoms with Gasteiger partial charge in [-0.25, -0.2) is 4.98 Å². The van der Waals surface area contributed by atoms with Gasteiger partial charge in [-0.05, 0) is 43.9 Å². The SMILES string of the molecule is Br.CCOc1cc2c(cc1OC)C(c1cnc(N(C)C)nc1OC)=N[C@@H]1CC[C@@H](O)C[C@H]21. The Morgan fingerprint density at radius 1 is 1.09 bits per heavy atom. The van der Waals surface area contributed by atoms with Crippen LogP contribution >= 0.6 is 17.0 Å². The van der Waals surface area contributed by atoms with Crippen molar-refractivity contribution in [1.82, 2.24) is 9.97 Å². The molecule has 9 heteroatoms. The molecule has 0 unspecified atom stereocenters. The Labute approximate surface area is 199 Å². The summed E-state index contributed by atoms with van der Waals surface area (Å²) in [5, 5.41) is 10.3. The van der Waals surface area contributed by atoms with Crippen LogP contribution in [0.15, 0.2) is 23.3 Å². The summed E-state index contributed by atoms with van der Waals surface area (Å²) < 4.78 is 17.1. The van der Waals surface area contributed by atoms with Gasteiger partial charge in [0, 0.05) is 31.8 Å². The zero-order chi connectivity index (χ0) is 22.1. The van der Waals surface area contributed by atoms with Crippen LogP contribution in [0.25, 0.3) is 0 Å². The Bertz CT molecular complexity index is 998. The fourth-order valence-electron chi connectivity index (χ4n) is 4.48. The largest absolute Gasteiger partial charge is 0.493 e. The van der Waals surface area contributed by atoms with E-state index in [0.29, 0.717) is 36.4 Å². The van der Waals surface area contributed by atoms with Crippen LogP contribution in [-0.4, -0.2) is 67.9 Å². The molecule has 8 nitrogen and oxygen atoms in total. The molecule has 1 saturated carbocycles. The van der Waals surface area contributed by atoms with Crippen molar-refractivity contribution < 1.29 is 19.3 Å². The van der Waals surface area contributed by atoms with Gasteiger partial charge in [-0.15, -0.1) is 17.0 Å². The van der Waals surface area contributed by atoms with E-state index in [1.165, 1.54) is 0 Å². The minimum absolute atomic E-state index is 0. The van der Waals surface area contributed by atoms with Gasteiger partial charge in [-0.2, -0.15) is 4.98 Å². The monoisotopic (exact) mass is 506 g/mol. The van der Waals surface area contributed by atoms with Crippen molar-refractivity contribution >= 4 is 28.6 Å². The van der Waals surface area contributed by atoms with E-state index in [9.17, 15) is 5.11 Å². The van der Waals surface area contributed by atoms with Crippen molar-refractivity contribution in [1.29, 1.82) is 0 Å². The lowest BCUT2D eigenvalue weighted by Crippen LogP contribution is -2.34. The van der Waals surface area contributed by atoms with Crippen LogP contribution in [0.1, 0.15) is 48.8 Å². The van der Waals surface area contributed by atoms with Gasteiger partial charge in [0.25, 0.3) is 0 Å². The summed E-state index contributed by atoms with van der Waals surface area (Å²) in [6, 6.07) is 4.09. The minimum atomic E-state index is -0.319. The number of aliphatic hydroxyl groups is 1. The molecule has 2 heterocycles. The summed E-state index contributed by atoms with van der Waals surface area (Å²) in [6.45, 7) is 2.49. The number of anilines is 1. The molecule has 4 rings (SSSR count). The highest BCUT2D eigenvalue weighted by molar-refractivity contribution is 8.93. The molecule has 0 amide bonds. The first-order valence-electron chi connectivity index (χ1n) is 10.7. The molecule has 0 spiro atoms. The maximum atomic E-state index is 10.3. The van der Waals surface area contributed by atoms with Gasteiger partial charge in [-0.1, -0.05) is 0 Å². The van der Waals surface area contributed by atoms with E-state index in [0.717, 1.165) is 35.2 Å². The number of aliphatic hydroxyl groups excluding tert-OH is 1. The van der Waals surface area contributed by atoms with Crippen LogP contribution in [0.3, 0.4) is 0 Å². The normalized spacial score (nSPS) is 21.4. The number of methoxy groups -OCH3 is 2. The Kier molecular flexibility index (Phi) is 7.61. The predicted octanol–water partition coefficient (Wildman–Crippen LogP) is 3.38. The summed E-state index contributed by atoms with van der Waals surface area (Å²) >= 11 is 0. The number of aromatic nitrogens is 2. The Balaban J connectivity index is 0.00000289. The second-order valence-corrected chi connectivity index (χ2v) is 8.13. The predicted molar refractivity (Wildman–Crippen MR) is 129 cm³/mol. The van der Waals surface area contributed by atoms with E-state index in [4.69, 9.17) is 19.2 Å². The van der Waals surface area contributed by atoms with Crippen LogP contribution in [0.5, 0.6) is 17.4 Å². The Morgan fingerprint density at radius 3 is 2.53 bits per heavy atom. The third-order valence-corrected chi connectivity index (χ3v) is 5.96. The number of benzene rings is 1. The van der Waals surface area contributed by atoms with Crippen molar-refractivity contribution in [3.8, 4) is 17.4 Å².